The van der Waals surface area contributed by atoms with E-state index in [-0.39, 0.29) is 0 Å². The number of rotatable bonds is 4. The Morgan fingerprint density at radius 3 is 2.88 bits per heavy atom. The van der Waals surface area contributed by atoms with Gasteiger partial charge in [-0.25, -0.2) is 4.98 Å². The zero-order valence-corrected chi connectivity index (χ0v) is 10.6. The summed E-state index contributed by atoms with van der Waals surface area (Å²) in [5.41, 5.74) is 7.82. The molecule has 4 nitrogen and oxygen atoms in total. The highest BCUT2D eigenvalue weighted by atomic mass is 15.1. The number of nitrogens with zero attached hydrogens (tertiary/aromatic N) is 2. The highest BCUT2D eigenvalue weighted by molar-refractivity contribution is 5.64. The first-order valence-electron chi connectivity index (χ1n) is 6.44. The molecule has 0 aliphatic carbocycles. The van der Waals surface area contributed by atoms with Gasteiger partial charge in [0.25, 0.3) is 0 Å². The van der Waals surface area contributed by atoms with Gasteiger partial charge in [-0.3, -0.25) is 0 Å². The Kier molecular flexibility index (Phi) is 4.20. The monoisotopic (exact) mass is 234 g/mol. The summed E-state index contributed by atoms with van der Waals surface area (Å²) in [6, 6.07) is 1.94. The van der Waals surface area contributed by atoms with Gasteiger partial charge in [0.2, 0.25) is 0 Å². The third kappa shape index (κ3) is 3.33. The Hall–Kier alpha value is -1.29. The zero-order chi connectivity index (χ0) is 12.1. The molecular formula is C13H22N4. The summed E-state index contributed by atoms with van der Waals surface area (Å²) in [6.07, 6.45) is 5.86. The average Bonchev–Trinajstić information content (AvgIpc) is 2.36. The molecule has 4 heteroatoms. The molecule has 0 saturated carbocycles. The molecule has 1 aromatic rings. The van der Waals surface area contributed by atoms with E-state index in [9.17, 15) is 0 Å². The number of likely N-dealkylation sites (tertiary alicyclic amines) is 1. The number of pyridine rings is 1. The fraction of sp³-hybridized carbons (Fsp3) is 0.615. The highest BCUT2D eigenvalue weighted by Crippen LogP contribution is 2.18. The van der Waals surface area contributed by atoms with Crippen LogP contribution < -0.4 is 11.1 Å². The molecule has 94 valence electrons. The van der Waals surface area contributed by atoms with Crippen molar-refractivity contribution < 1.29 is 0 Å². The maximum absolute atomic E-state index is 5.96. The molecule has 1 aliphatic heterocycles. The van der Waals surface area contributed by atoms with Gasteiger partial charge in [0.15, 0.2) is 0 Å². The van der Waals surface area contributed by atoms with Gasteiger partial charge in [-0.2, -0.15) is 0 Å². The fourth-order valence-electron chi connectivity index (χ4n) is 2.23. The molecule has 3 N–H and O–H groups in total. The van der Waals surface area contributed by atoms with E-state index >= 15 is 0 Å². The summed E-state index contributed by atoms with van der Waals surface area (Å²) >= 11 is 0. The Morgan fingerprint density at radius 1 is 1.35 bits per heavy atom. The van der Waals surface area contributed by atoms with Crippen molar-refractivity contribution in [1.29, 1.82) is 0 Å². The Labute approximate surface area is 103 Å². The SMILES string of the molecule is Cc1ccnc(NCCN2CCCCC2)c1N. The number of nitrogens with one attached hydrogen (secondary N) is 1. The minimum atomic E-state index is 0.770. The van der Waals surface area contributed by atoms with Crippen LogP contribution in [0.3, 0.4) is 0 Å². The van der Waals surface area contributed by atoms with Crippen LogP contribution in [0.5, 0.6) is 0 Å². The van der Waals surface area contributed by atoms with E-state index in [1.807, 2.05) is 13.0 Å². The maximum Gasteiger partial charge on any atom is 0.149 e. The second kappa shape index (κ2) is 5.87. The standard InChI is InChI=1S/C13H22N4/c1-11-5-6-15-13(12(11)14)16-7-10-17-8-3-2-4-9-17/h5-6H,2-4,7-10,14H2,1H3,(H,15,16). The maximum atomic E-state index is 5.96. The molecule has 0 radical (unpaired) electrons. The number of nitrogens with two attached hydrogens (primary N) is 1. The molecule has 0 spiro atoms. The van der Waals surface area contributed by atoms with E-state index < -0.39 is 0 Å². The lowest BCUT2D eigenvalue weighted by molar-refractivity contribution is 0.237. The van der Waals surface area contributed by atoms with Crippen LogP contribution in [-0.2, 0) is 0 Å². The molecule has 1 aromatic heterocycles. The van der Waals surface area contributed by atoms with Crippen LogP contribution in [-0.4, -0.2) is 36.1 Å². The molecule has 0 bridgehead atoms. The zero-order valence-electron chi connectivity index (χ0n) is 10.6. The number of hydrogen-bond acceptors (Lipinski definition) is 4. The van der Waals surface area contributed by atoms with E-state index in [4.69, 9.17) is 5.73 Å². The summed E-state index contributed by atoms with van der Waals surface area (Å²) in [5, 5.41) is 3.32. The van der Waals surface area contributed by atoms with Gasteiger partial charge in [0.05, 0.1) is 5.69 Å². The van der Waals surface area contributed by atoms with Gasteiger partial charge in [0, 0.05) is 19.3 Å². The Morgan fingerprint density at radius 2 is 2.12 bits per heavy atom. The van der Waals surface area contributed by atoms with Crippen LogP contribution >= 0.6 is 0 Å². The number of aromatic nitrogens is 1. The first-order chi connectivity index (χ1) is 8.27. The molecule has 0 aromatic carbocycles. The molecular weight excluding hydrogens is 212 g/mol. The second-order valence-corrected chi connectivity index (χ2v) is 4.72. The van der Waals surface area contributed by atoms with Crippen LogP contribution in [0.2, 0.25) is 0 Å². The van der Waals surface area contributed by atoms with Crippen LogP contribution in [0, 0.1) is 6.92 Å². The summed E-state index contributed by atoms with van der Waals surface area (Å²) in [4.78, 5) is 6.77. The van der Waals surface area contributed by atoms with E-state index in [0.717, 1.165) is 30.2 Å². The second-order valence-electron chi connectivity index (χ2n) is 4.72. The quantitative estimate of drug-likeness (QED) is 0.835. The Bertz CT molecular complexity index is 358. The van der Waals surface area contributed by atoms with Gasteiger partial charge >= 0.3 is 0 Å². The van der Waals surface area contributed by atoms with Crippen molar-refractivity contribution in [2.45, 2.75) is 26.2 Å². The smallest absolute Gasteiger partial charge is 0.149 e. The number of hydrogen-bond donors (Lipinski definition) is 2. The van der Waals surface area contributed by atoms with Crippen molar-refractivity contribution in [3.63, 3.8) is 0 Å². The van der Waals surface area contributed by atoms with Gasteiger partial charge in [0.1, 0.15) is 5.82 Å². The number of piperidine rings is 1. The van der Waals surface area contributed by atoms with Crippen molar-refractivity contribution in [2.24, 2.45) is 0 Å². The number of anilines is 2. The van der Waals surface area contributed by atoms with Gasteiger partial charge in [-0.15, -0.1) is 0 Å². The van der Waals surface area contributed by atoms with Crippen LogP contribution in [0.4, 0.5) is 11.5 Å². The number of aryl methyl sites for hydroxylation is 1. The lowest BCUT2D eigenvalue weighted by atomic mass is 10.1. The van der Waals surface area contributed by atoms with E-state index in [2.05, 4.69) is 15.2 Å². The predicted octanol–water partition coefficient (Wildman–Crippen LogP) is 1.87. The predicted molar refractivity (Wildman–Crippen MR) is 72.2 cm³/mol. The van der Waals surface area contributed by atoms with Crippen molar-refractivity contribution in [3.8, 4) is 0 Å². The van der Waals surface area contributed by atoms with Gasteiger partial charge in [-0.1, -0.05) is 6.42 Å². The third-order valence-electron chi connectivity index (χ3n) is 3.38. The molecule has 0 amide bonds. The molecule has 2 heterocycles. The lowest BCUT2D eigenvalue weighted by Crippen LogP contribution is -2.33. The molecule has 0 unspecified atom stereocenters. The van der Waals surface area contributed by atoms with Crippen LogP contribution in [0.1, 0.15) is 24.8 Å². The van der Waals surface area contributed by atoms with Gasteiger partial charge in [-0.05, 0) is 44.5 Å². The lowest BCUT2D eigenvalue weighted by Gasteiger charge is -2.26. The molecule has 0 atom stereocenters. The molecule has 1 aliphatic rings. The topological polar surface area (TPSA) is 54.2 Å². The van der Waals surface area contributed by atoms with Crippen LogP contribution in [0.15, 0.2) is 12.3 Å². The summed E-state index contributed by atoms with van der Waals surface area (Å²) in [5.74, 6) is 0.821. The van der Waals surface area contributed by atoms with E-state index in [1.54, 1.807) is 6.20 Å². The van der Waals surface area contributed by atoms with E-state index in [0.29, 0.717) is 0 Å². The van der Waals surface area contributed by atoms with Crippen molar-refractivity contribution >= 4 is 11.5 Å². The third-order valence-corrected chi connectivity index (χ3v) is 3.38. The summed E-state index contributed by atoms with van der Waals surface area (Å²) < 4.78 is 0. The van der Waals surface area contributed by atoms with Crippen molar-refractivity contribution in [3.05, 3.63) is 17.8 Å². The fourth-order valence-corrected chi connectivity index (χ4v) is 2.23. The first-order valence-corrected chi connectivity index (χ1v) is 6.44. The van der Waals surface area contributed by atoms with E-state index in [1.165, 1.54) is 32.4 Å². The number of nitrogen functional groups attached to an aromatic ring is 1. The minimum Gasteiger partial charge on any atom is -0.396 e. The largest absolute Gasteiger partial charge is 0.396 e. The molecule has 1 saturated heterocycles. The van der Waals surface area contributed by atoms with Crippen molar-refractivity contribution in [2.75, 3.05) is 37.2 Å². The molecule has 2 rings (SSSR count). The molecule has 1 fully saturated rings. The average molecular weight is 234 g/mol. The highest BCUT2D eigenvalue weighted by Gasteiger charge is 2.09. The van der Waals surface area contributed by atoms with Gasteiger partial charge < -0.3 is 16.0 Å². The minimum absolute atomic E-state index is 0.770. The molecule has 17 heavy (non-hydrogen) atoms. The Balaban J connectivity index is 1.79. The van der Waals surface area contributed by atoms with Crippen LogP contribution in [0.25, 0.3) is 0 Å². The normalized spacial score (nSPS) is 17.0. The first kappa shape index (κ1) is 12.2. The summed E-state index contributed by atoms with van der Waals surface area (Å²) in [7, 11) is 0. The van der Waals surface area contributed by atoms with Crippen molar-refractivity contribution in [1.82, 2.24) is 9.88 Å². The summed E-state index contributed by atoms with van der Waals surface area (Å²) in [6.45, 7) is 6.47.